The van der Waals surface area contributed by atoms with Crippen molar-refractivity contribution in [3.05, 3.63) is 11.1 Å². The van der Waals surface area contributed by atoms with Gasteiger partial charge in [0.2, 0.25) is 0 Å². The van der Waals surface area contributed by atoms with E-state index in [9.17, 15) is 9.59 Å². The van der Waals surface area contributed by atoms with Crippen LogP contribution in [0.5, 0.6) is 0 Å². The third kappa shape index (κ3) is 3.04. The Morgan fingerprint density at radius 2 is 2.26 bits per heavy atom. The smallest absolute Gasteiger partial charge is 0.313 e. The number of nitrogens with one attached hydrogen (secondary N) is 2. The molecule has 0 bridgehead atoms. The van der Waals surface area contributed by atoms with Gasteiger partial charge in [-0.25, -0.2) is 4.98 Å². The van der Waals surface area contributed by atoms with E-state index in [2.05, 4.69) is 15.6 Å². The van der Waals surface area contributed by atoms with Crippen LogP contribution in [-0.2, 0) is 9.53 Å². The first kappa shape index (κ1) is 13.8. The highest BCUT2D eigenvalue weighted by Gasteiger charge is 2.51. The number of thiazole rings is 1. The largest absolute Gasteiger partial charge is 0.469 e. The second-order valence-electron chi connectivity index (χ2n) is 4.52. The molecule has 1 saturated carbocycles. The molecule has 1 aliphatic rings. The second-order valence-corrected chi connectivity index (χ2v) is 5.38. The first-order chi connectivity index (χ1) is 9.11. The molecule has 6 nitrogen and oxygen atoms in total. The first-order valence-electron chi connectivity index (χ1n) is 6.17. The van der Waals surface area contributed by atoms with Crippen LogP contribution in [0.3, 0.4) is 0 Å². The number of anilines is 1. The van der Waals surface area contributed by atoms with Gasteiger partial charge in [-0.1, -0.05) is 0 Å². The predicted octanol–water partition coefficient (Wildman–Crippen LogP) is 1.26. The molecule has 1 aromatic heterocycles. The van der Waals surface area contributed by atoms with Crippen molar-refractivity contribution in [3.8, 4) is 0 Å². The quantitative estimate of drug-likeness (QED) is 0.768. The number of amides is 1. The number of nitrogens with zero attached hydrogens (tertiary/aromatic N) is 1. The molecule has 0 unspecified atom stereocenters. The first-order valence-corrected chi connectivity index (χ1v) is 7.05. The number of ether oxygens (including phenoxy) is 1. The van der Waals surface area contributed by atoms with Crippen molar-refractivity contribution in [2.24, 2.45) is 5.41 Å². The van der Waals surface area contributed by atoms with E-state index in [0.717, 1.165) is 24.5 Å². The fourth-order valence-corrected chi connectivity index (χ4v) is 2.53. The molecule has 104 valence electrons. The van der Waals surface area contributed by atoms with Crippen LogP contribution in [-0.4, -0.2) is 37.1 Å². The summed E-state index contributed by atoms with van der Waals surface area (Å²) in [5.41, 5.74) is -0.133. The summed E-state index contributed by atoms with van der Waals surface area (Å²) in [5.74, 6) is -0.505. The van der Waals surface area contributed by atoms with Crippen LogP contribution in [0.25, 0.3) is 0 Å². The summed E-state index contributed by atoms with van der Waals surface area (Å²) >= 11 is 1.39. The molecular weight excluding hydrogens is 266 g/mol. The van der Waals surface area contributed by atoms with Crippen molar-refractivity contribution in [1.82, 2.24) is 10.3 Å². The van der Waals surface area contributed by atoms with Crippen LogP contribution in [0.2, 0.25) is 0 Å². The Morgan fingerprint density at radius 1 is 1.53 bits per heavy atom. The number of methoxy groups -OCH3 is 1. The van der Waals surface area contributed by atoms with Crippen LogP contribution < -0.4 is 10.6 Å². The van der Waals surface area contributed by atoms with Gasteiger partial charge >= 0.3 is 5.97 Å². The summed E-state index contributed by atoms with van der Waals surface area (Å²) in [6, 6.07) is 0. The molecule has 1 fully saturated rings. The highest BCUT2D eigenvalue weighted by atomic mass is 32.1. The van der Waals surface area contributed by atoms with E-state index < -0.39 is 5.41 Å². The molecule has 0 aliphatic heterocycles. The lowest BCUT2D eigenvalue weighted by Gasteiger charge is -2.12. The van der Waals surface area contributed by atoms with Gasteiger partial charge in [0.05, 0.1) is 12.5 Å². The van der Waals surface area contributed by atoms with Gasteiger partial charge in [-0.05, 0) is 19.8 Å². The molecule has 1 aliphatic carbocycles. The fourth-order valence-electron chi connectivity index (χ4n) is 1.77. The number of hydrogen-bond acceptors (Lipinski definition) is 6. The minimum Gasteiger partial charge on any atom is -0.469 e. The number of aromatic nitrogens is 1. The Bertz CT molecular complexity index is 482. The van der Waals surface area contributed by atoms with Gasteiger partial charge in [-0.3, -0.25) is 9.59 Å². The monoisotopic (exact) mass is 283 g/mol. The number of esters is 1. The molecule has 0 radical (unpaired) electrons. The molecule has 19 heavy (non-hydrogen) atoms. The van der Waals surface area contributed by atoms with Crippen LogP contribution >= 0.6 is 11.3 Å². The third-order valence-electron chi connectivity index (χ3n) is 3.12. The number of carbonyl (C=O) groups is 2. The Kier molecular flexibility index (Phi) is 4.04. The third-order valence-corrected chi connectivity index (χ3v) is 3.92. The number of rotatable bonds is 6. The van der Waals surface area contributed by atoms with Crippen molar-refractivity contribution >= 4 is 28.3 Å². The molecule has 0 saturated heterocycles. The van der Waals surface area contributed by atoms with Crippen molar-refractivity contribution < 1.29 is 14.3 Å². The van der Waals surface area contributed by atoms with Crippen LogP contribution in [0.4, 0.5) is 5.13 Å². The minimum absolute atomic E-state index is 0.251. The lowest BCUT2D eigenvalue weighted by Crippen LogP contribution is -2.35. The highest BCUT2D eigenvalue weighted by molar-refractivity contribution is 7.13. The van der Waals surface area contributed by atoms with Gasteiger partial charge in [-0.15, -0.1) is 11.3 Å². The SMILES string of the molecule is CCNc1nc(C(=O)NCC2(C(=O)OC)CC2)cs1. The molecule has 2 rings (SSSR count). The lowest BCUT2D eigenvalue weighted by atomic mass is 10.1. The van der Waals surface area contributed by atoms with Gasteiger partial charge in [-0.2, -0.15) is 0 Å². The molecule has 2 N–H and O–H groups in total. The summed E-state index contributed by atoms with van der Waals surface area (Å²) in [6.07, 6.45) is 1.53. The summed E-state index contributed by atoms with van der Waals surface area (Å²) < 4.78 is 4.74. The van der Waals surface area contributed by atoms with E-state index in [0.29, 0.717) is 12.2 Å². The second kappa shape index (κ2) is 5.56. The van der Waals surface area contributed by atoms with Crippen LogP contribution in [0.1, 0.15) is 30.3 Å². The van der Waals surface area contributed by atoms with Gasteiger partial charge in [0.15, 0.2) is 5.13 Å². The van der Waals surface area contributed by atoms with E-state index in [-0.39, 0.29) is 11.9 Å². The molecule has 1 heterocycles. The van der Waals surface area contributed by atoms with Crippen molar-refractivity contribution in [3.63, 3.8) is 0 Å². The van der Waals surface area contributed by atoms with Crippen molar-refractivity contribution in [1.29, 1.82) is 0 Å². The molecule has 7 heteroatoms. The average molecular weight is 283 g/mol. The van der Waals surface area contributed by atoms with E-state index >= 15 is 0 Å². The van der Waals surface area contributed by atoms with E-state index in [1.54, 1.807) is 5.38 Å². The zero-order valence-corrected chi connectivity index (χ0v) is 11.8. The molecule has 1 aromatic rings. The van der Waals surface area contributed by atoms with E-state index in [1.165, 1.54) is 18.4 Å². The minimum atomic E-state index is -0.509. The summed E-state index contributed by atoms with van der Waals surface area (Å²) in [6.45, 7) is 3.04. The predicted molar refractivity (Wildman–Crippen MR) is 72.3 cm³/mol. The molecular formula is C12H17N3O3S. The molecule has 1 amide bonds. The van der Waals surface area contributed by atoms with Gasteiger partial charge in [0.1, 0.15) is 5.69 Å². The Balaban J connectivity index is 1.89. The maximum atomic E-state index is 11.9. The Hall–Kier alpha value is -1.63. The topological polar surface area (TPSA) is 80.3 Å². The zero-order chi connectivity index (χ0) is 13.9. The van der Waals surface area contributed by atoms with Gasteiger partial charge < -0.3 is 15.4 Å². The average Bonchev–Trinajstić information content (AvgIpc) is 3.07. The normalized spacial score (nSPS) is 15.7. The van der Waals surface area contributed by atoms with Crippen molar-refractivity contribution in [2.75, 3.05) is 25.5 Å². The lowest BCUT2D eigenvalue weighted by molar-refractivity contribution is -0.146. The summed E-state index contributed by atoms with van der Waals surface area (Å²) in [4.78, 5) is 27.6. The van der Waals surface area contributed by atoms with Crippen LogP contribution in [0, 0.1) is 5.41 Å². The maximum Gasteiger partial charge on any atom is 0.313 e. The standard InChI is InChI=1S/C12H17N3O3S/c1-3-13-11-15-8(6-19-11)9(16)14-7-12(4-5-12)10(17)18-2/h6H,3-5,7H2,1-2H3,(H,13,15)(H,14,16). The maximum absolute atomic E-state index is 11.9. The van der Waals surface area contributed by atoms with Gasteiger partial charge in [0.25, 0.3) is 5.91 Å². The number of carbonyl (C=O) groups excluding carboxylic acids is 2. The van der Waals surface area contributed by atoms with Gasteiger partial charge in [0, 0.05) is 18.5 Å². The number of hydrogen-bond donors (Lipinski definition) is 2. The van der Waals surface area contributed by atoms with E-state index in [1.807, 2.05) is 6.92 Å². The fraction of sp³-hybridized carbons (Fsp3) is 0.583. The Labute approximate surface area is 115 Å². The summed E-state index contributed by atoms with van der Waals surface area (Å²) in [5, 5.41) is 8.22. The molecule has 0 spiro atoms. The molecule has 0 aromatic carbocycles. The van der Waals surface area contributed by atoms with Crippen LogP contribution in [0.15, 0.2) is 5.38 Å². The highest BCUT2D eigenvalue weighted by Crippen LogP contribution is 2.46. The van der Waals surface area contributed by atoms with E-state index in [4.69, 9.17) is 4.74 Å². The van der Waals surface area contributed by atoms with Crippen molar-refractivity contribution in [2.45, 2.75) is 19.8 Å². The Morgan fingerprint density at radius 3 is 2.84 bits per heavy atom. The summed E-state index contributed by atoms with van der Waals surface area (Å²) in [7, 11) is 1.37. The molecule has 0 atom stereocenters. The zero-order valence-electron chi connectivity index (χ0n) is 11.0.